The third kappa shape index (κ3) is 4.59. The third-order valence-electron chi connectivity index (χ3n) is 4.66. The Hall–Kier alpha value is -1.45. The van der Waals surface area contributed by atoms with Gasteiger partial charge in [0.1, 0.15) is 5.82 Å². The highest BCUT2D eigenvalue weighted by Crippen LogP contribution is 2.21. The first-order chi connectivity index (χ1) is 12.0. The summed E-state index contributed by atoms with van der Waals surface area (Å²) < 4.78 is 30.6. The van der Waals surface area contributed by atoms with Gasteiger partial charge in [0.2, 0.25) is 16.0 Å². The van der Waals surface area contributed by atoms with Crippen LogP contribution in [0.4, 0.5) is 11.8 Å². The summed E-state index contributed by atoms with van der Waals surface area (Å²) in [6.45, 7) is 7.59. The highest BCUT2D eigenvalue weighted by Gasteiger charge is 2.23. The molecule has 0 spiro atoms. The van der Waals surface area contributed by atoms with Crippen LogP contribution in [0, 0.1) is 0 Å². The molecular weight excluding hydrogens is 342 g/mol. The lowest BCUT2D eigenvalue weighted by Crippen LogP contribution is -2.38. The highest BCUT2D eigenvalue weighted by molar-refractivity contribution is 7.88. The molecule has 9 heteroatoms. The van der Waals surface area contributed by atoms with Crippen LogP contribution in [0.3, 0.4) is 0 Å². The van der Waals surface area contributed by atoms with Gasteiger partial charge < -0.3 is 14.5 Å². The molecule has 2 aliphatic heterocycles. The maximum Gasteiger partial charge on any atom is 0.227 e. The zero-order valence-electron chi connectivity index (χ0n) is 15.0. The fourth-order valence-electron chi connectivity index (χ4n) is 3.17. The summed E-state index contributed by atoms with van der Waals surface area (Å²) in [4.78, 5) is 13.8. The van der Waals surface area contributed by atoms with E-state index in [0.29, 0.717) is 32.8 Å². The maximum atomic E-state index is 11.8. The summed E-state index contributed by atoms with van der Waals surface area (Å²) in [7, 11) is -3.14. The Morgan fingerprint density at radius 1 is 1.04 bits per heavy atom. The smallest absolute Gasteiger partial charge is 0.227 e. The van der Waals surface area contributed by atoms with Crippen molar-refractivity contribution in [2.45, 2.75) is 19.8 Å². The predicted octanol–water partition coefficient (Wildman–Crippen LogP) is 0.347. The largest absolute Gasteiger partial charge is 0.378 e. The van der Waals surface area contributed by atoms with Crippen LogP contribution in [-0.2, 0) is 21.2 Å². The van der Waals surface area contributed by atoms with Crippen LogP contribution in [0.25, 0.3) is 0 Å². The number of morpholine rings is 1. The Morgan fingerprint density at radius 2 is 1.80 bits per heavy atom. The highest BCUT2D eigenvalue weighted by atomic mass is 32.2. The average Bonchev–Trinajstić information content (AvgIpc) is 2.88. The van der Waals surface area contributed by atoms with Crippen LogP contribution in [0.2, 0.25) is 0 Å². The van der Waals surface area contributed by atoms with Gasteiger partial charge in [0, 0.05) is 51.0 Å². The molecule has 0 radical (unpaired) electrons. The minimum absolute atomic E-state index is 0.497. The fourth-order valence-corrected chi connectivity index (χ4v) is 4.05. The first-order valence-corrected chi connectivity index (χ1v) is 10.7. The van der Waals surface area contributed by atoms with Crippen LogP contribution in [-0.4, -0.2) is 81.4 Å². The molecule has 2 fully saturated rings. The lowest BCUT2D eigenvalue weighted by Gasteiger charge is -2.29. The molecule has 140 valence electrons. The van der Waals surface area contributed by atoms with Gasteiger partial charge >= 0.3 is 0 Å². The van der Waals surface area contributed by atoms with Crippen LogP contribution < -0.4 is 9.80 Å². The molecular formula is C16H27N5O3S. The number of rotatable bonds is 4. The quantitative estimate of drug-likeness (QED) is 0.757. The van der Waals surface area contributed by atoms with Crippen LogP contribution in [0.15, 0.2) is 6.07 Å². The summed E-state index contributed by atoms with van der Waals surface area (Å²) in [6.07, 6.45) is 2.92. The molecule has 25 heavy (non-hydrogen) atoms. The van der Waals surface area contributed by atoms with Crippen LogP contribution in [0.1, 0.15) is 19.0 Å². The number of hydrogen-bond donors (Lipinski definition) is 0. The molecule has 0 aromatic carbocycles. The molecule has 1 aromatic rings. The molecule has 0 aliphatic carbocycles. The van der Waals surface area contributed by atoms with Crippen molar-refractivity contribution in [2.75, 3.05) is 68.5 Å². The molecule has 0 N–H and O–H groups in total. The van der Waals surface area contributed by atoms with Gasteiger partial charge in [-0.25, -0.2) is 17.7 Å². The zero-order valence-corrected chi connectivity index (χ0v) is 15.8. The number of sulfonamides is 1. The van der Waals surface area contributed by atoms with Crippen molar-refractivity contribution in [3.8, 4) is 0 Å². The Balaban J connectivity index is 1.81. The van der Waals surface area contributed by atoms with E-state index in [1.54, 1.807) is 4.31 Å². The maximum absolute atomic E-state index is 11.8. The van der Waals surface area contributed by atoms with E-state index in [-0.39, 0.29) is 0 Å². The number of aryl methyl sites for hydroxylation is 1. The Bertz CT molecular complexity index is 691. The van der Waals surface area contributed by atoms with Crippen LogP contribution in [0.5, 0.6) is 0 Å². The SMILES string of the molecule is CCc1cc(N2CCCN(S(C)(=O)=O)CC2)nc(N2CCOCC2)n1. The van der Waals surface area contributed by atoms with E-state index in [1.165, 1.54) is 6.26 Å². The van der Waals surface area contributed by atoms with Crippen molar-refractivity contribution in [2.24, 2.45) is 0 Å². The molecule has 0 unspecified atom stereocenters. The summed E-state index contributed by atoms with van der Waals surface area (Å²) in [6, 6.07) is 2.03. The van der Waals surface area contributed by atoms with Gasteiger partial charge in [-0.2, -0.15) is 4.98 Å². The van der Waals surface area contributed by atoms with Crippen molar-refractivity contribution < 1.29 is 13.2 Å². The number of hydrogen-bond acceptors (Lipinski definition) is 7. The molecule has 2 saturated heterocycles. The summed E-state index contributed by atoms with van der Waals surface area (Å²) in [5.41, 5.74) is 1.01. The zero-order chi connectivity index (χ0) is 17.9. The van der Waals surface area contributed by atoms with Crippen molar-refractivity contribution in [3.05, 3.63) is 11.8 Å². The second-order valence-corrected chi connectivity index (χ2v) is 8.46. The van der Waals surface area contributed by atoms with Crippen molar-refractivity contribution in [1.82, 2.24) is 14.3 Å². The second-order valence-electron chi connectivity index (χ2n) is 6.47. The lowest BCUT2D eigenvalue weighted by atomic mass is 10.3. The number of nitrogens with zero attached hydrogens (tertiary/aromatic N) is 5. The molecule has 3 heterocycles. The Morgan fingerprint density at radius 3 is 2.48 bits per heavy atom. The van der Waals surface area contributed by atoms with E-state index in [0.717, 1.165) is 49.9 Å². The molecule has 8 nitrogen and oxygen atoms in total. The van der Waals surface area contributed by atoms with Crippen molar-refractivity contribution >= 4 is 21.8 Å². The first kappa shape index (κ1) is 18.3. The van der Waals surface area contributed by atoms with E-state index in [1.807, 2.05) is 6.07 Å². The van der Waals surface area contributed by atoms with E-state index in [2.05, 4.69) is 21.7 Å². The number of aromatic nitrogens is 2. The normalized spacial score (nSPS) is 20.6. The summed E-state index contributed by atoms with van der Waals surface area (Å²) in [5.74, 6) is 1.64. The monoisotopic (exact) mass is 369 g/mol. The minimum Gasteiger partial charge on any atom is -0.378 e. The summed E-state index contributed by atoms with van der Waals surface area (Å²) in [5, 5.41) is 0. The molecule has 2 aliphatic rings. The number of ether oxygens (including phenoxy) is 1. The van der Waals surface area contributed by atoms with Gasteiger partial charge in [-0.1, -0.05) is 6.92 Å². The Labute approximate surface area is 149 Å². The Kier molecular flexibility index (Phi) is 5.75. The van der Waals surface area contributed by atoms with Crippen LogP contribution >= 0.6 is 0 Å². The molecule has 1 aromatic heterocycles. The van der Waals surface area contributed by atoms with Gasteiger partial charge in [-0.05, 0) is 12.8 Å². The number of anilines is 2. The lowest BCUT2D eigenvalue weighted by molar-refractivity contribution is 0.122. The average molecular weight is 369 g/mol. The van der Waals surface area contributed by atoms with Gasteiger partial charge in [0.15, 0.2) is 0 Å². The standard InChI is InChI=1S/C16H27N5O3S/c1-3-14-13-15(18-16(17-14)20-9-11-24-12-10-20)19-5-4-6-21(8-7-19)25(2,22)23/h13H,3-12H2,1-2H3. The van der Waals surface area contributed by atoms with Gasteiger partial charge in [0.25, 0.3) is 0 Å². The molecule has 0 bridgehead atoms. The molecule has 0 amide bonds. The topological polar surface area (TPSA) is 78.9 Å². The fraction of sp³-hybridized carbons (Fsp3) is 0.750. The van der Waals surface area contributed by atoms with E-state index in [9.17, 15) is 8.42 Å². The molecule has 0 atom stereocenters. The second kappa shape index (κ2) is 7.84. The molecule has 0 saturated carbocycles. The van der Waals surface area contributed by atoms with Crippen molar-refractivity contribution in [3.63, 3.8) is 0 Å². The third-order valence-corrected chi connectivity index (χ3v) is 5.96. The van der Waals surface area contributed by atoms with E-state index >= 15 is 0 Å². The predicted molar refractivity (Wildman–Crippen MR) is 97.7 cm³/mol. The van der Waals surface area contributed by atoms with E-state index < -0.39 is 10.0 Å². The van der Waals surface area contributed by atoms with Crippen molar-refractivity contribution in [1.29, 1.82) is 0 Å². The summed E-state index contributed by atoms with van der Waals surface area (Å²) >= 11 is 0. The first-order valence-electron chi connectivity index (χ1n) is 8.88. The van der Waals surface area contributed by atoms with Gasteiger partial charge in [-0.15, -0.1) is 0 Å². The minimum atomic E-state index is -3.14. The van der Waals surface area contributed by atoms with Gasteiger partial charge in [0.05, 0.1) is 19.5 Å². The van der Waals surface area contributed by atoms with Gasteiger partial charge in [-0.3, -0.25) is 0 Å². The molecule has 3 rings (SSSR count). The van der Waals surface area contributed by atoms with E-state index in [4.69, 9.17) is 9.72 Å².